The number of halogens is 1. The number of carbonyl (C=O) groups is 2. The van der Waals surface area contributed by atoms with E-state index in [-0.39, 0.29) is 30.0 Å². The number of Topliss-reactive ketones (excluding diaryl/α,β-unsaturated/α-hetero) is 1. The average Bonchev–Trinajstić information content (AvgIpc) is 2.21. The lowest BCUT2D eigenvalue weighted by atomic mass is 10.1. The van der Waals surface area contributed by atoms with Crippen molar-refractivity contribution in [3.63, 3.8) is 0 Å². The van der Waals surface area contributed by atoms with Gasteiger partial charge in [0.15, 0.2) is 5.78 Å². The van der Waals surface area contributed by atoms with E-state index in [0.29, 0.717) is 0 Å². The van der Waals surface area contributed by atoms with Gasteiger partial charge in [0.2, 0.25) is 5.91 Å². The van der Waals surface area contributed by atoms with Crippen molar-refractivity contribution in [3.05, 3.63) is 29.1 Å². The molecule has 0 aliphatic heterocycles. The van der Waals surface area contributed by atoms with Gasteiger partial charge >= 0.3 is 0 Å². The second kappa shape index (κ2) is 5.59. The highest BCUT2D eigenvalue weighted by Gasteiger charge is 2.15. The Labute approximate surface area is 104 Å². The summed E-state index contributed by atoms with van der Waals surface area (Å²) < 4.78 is 13.3. The zero-order valence-electron chi connectivity index (χ0n) is 10.2. The lowest BCUT2D eigenvalue weighted by Crippen LogP contribution is -2.30. The average molecular weight is 254 g/mol. The molecule has 1 aromatic rings. The summed E-state index contributed by atoms with van der Waals surface area (Å²) >= 11 is 0. The van der Waals surface area contributed by atoms with Crippen LogP contribution in [0.25, 0.3) is 0 Å². The number of ketones is 1. The zero-order chi connectivity index (χ0) is 13.9. The largest absolute Gasteiger partial charge is 0.507 e. The summed E-state index contributed by atoms with van der Waals surface area (Å²) in [6.07, 6.45) is 0. The van der Waals surface area contributed by atoms with Crippen molar-refractivity contribution in [3.8, 4) is 5.75 Å². The first-order valence-corrected chi connectivity index (χ1v) is 5.30. The van der Waals surface area contributed by atoms with Crippen molar-refractivity contribution >= 4 is 11.7 Å². The van der Waals surface area contributed by atoms with E-state index in [0.717, 1.165) is 12.1 Å². The van der Waals surface area contributed by atoms with Crippen LogP contribution in [0.1, 0.15) is 22.8 Å². The summed E-state index contributed by atoms with van der Waals surface area (Å²) in [5.74, 6) is -1.83. The van der Waals surface area contributed by atoms with Crippen molar-refractivity contribution in [1.29, 1.82) is 0 Å². The third kappa shape index (κ3) is 3.53. The van der Waals surface area contributed by atoms with Crippen LogP contribution in [-0.4, -0.2) is 35.3 Å². The number of carbonyl (C=O) groups excluding carboxylic acids is 2. The predicted octanol–water partition coefficient (Wildman–Crippen LogP) is 0.651. The number of likely N-dealkylation sites (N-methyl/N-ethyl adjacent to an activating group) is 1. The number of nitrogens with zero attached hydrogens (tertiary/aromatic N) is 1. The molecule has 0 spiro atoms. The van der Waals surface area contributed by atoms with Crippen LogP contribution in [0.2, 0.25) is 0 Å². The van der Waals surface area contributed by atoms with Crippen LogP contribution in [0.15, 0.2) is 12.1 Å². The number of nitrogens with two attached hydrogens (primary N) is 1. The van der Waals surface area contributed by atoms with Crippen LogP contribution < -0.4 is 5.73 Å². The zero-order valence-corrected chi connectivity index (χ0v) is 10.2. The molecule has 1 amide bonds. The third-order valence-electron chi connectivity index (χ3n) is 2.40. The molecule has 3 N–H and O–H groups in total. The number of amides is 1. The van der Waals surface area contributed by atoms with Gasteiger partial charge in [0, 0.05) is 12.1 Å². The van der Waals surface area contributed by atoms with Gasteiger partial charge in [0.25, 0.3) is 0 Å². The normalized spacial score (nSPS) is 10.7. The molecule has 5 nitrogen and oxygen atoms in total. The van der Waals surface area contributed by atoms with E-state index in [1.807, 2.05) is 0 Å². The summed E-state index contributed by atoms with van der Waals surface area (Å²) in [5, 5.41) is 9.84. The van der Waals surface area contributed by atoms with Crippen molar-refractivity contribution in [1.82, 2.24) is 4.90 Å². The predicted molar refractivity (Wildman–Crippen MR) is 63.6 cm³/mol. The first kappa shape index (κ1) is 14.1. The fourth-order valence-corrected chi connectivity index (χ4v) is 1.66. The van der Waals surface area contributed by atoms with Crippen LogP contribution in [0.4, 0.5) is 4.39 Å². The minimum atomic E-state index is -0.611. The molecule has 0 aliphatic rings. The van der Waals surface area contributed by atoms with E-state index in [4.69, 9.17) is 5.73 Å². The van der Waals surface area contributed by atoms with Crippen LogP contribution >= 0.6 is 0 Å². The van der Waals surface area contributed by atoms with Gasteiger partial charge in [-0.15, -0.1) is 0 Å². The molecule has 0 radical (unpaired) electrons. The molecule has 1 rings (SSSR count). The number of primary amides is 1. The van der Waals surface area contributed by atoms with Gasteiger partial charge in [0.05, 0.1) is 12.1 Å². The van der Waals surface area contributed by atoms with E-state index in [2.05, 4.69) is 0 Å². The maximum Gasteiger partial charge on any atom is 0.231 e. The maximum atomic E-state index is 13.3. The van der Waals surface area contributed by atoms with Gasteiger partial charge in [-0.05, 0) is 26.1 Å². The number of phenols is 1. The molecule has 0 saturated carbocycles. The Kier molecular flexibility index (Phi) is 4.38. The Morgan fingerprint density at radius 1 is 1.44 bits per heavy atom. The summed E-state index contributed by atoms with van der Waals surface area (Å²) in [4.78, 5) is 23.5. The summed E-state index contributed by atoms with van der Waals surface area (Å²) in [6.45, 7) is 1.34. The quantitative estimate of drug-likeness (QED) is 0.756. The van der Waals surface area contributed by atoms with Crippen LogP contribution in [0.3, 0.4) is 0 Å². The minimum absolute atomic E-state index is 0.0225. The highest BCUT2D eigenvalue weighted by Crippen LogP contribution is 2.25. The third-order valence-corrected chi connectivity index (χ3v) is 2.40. The second-order valence-electron chi connectivity index (χ2n) is 4.16. The van der Waals surface area contributed by atoms with Gasteiger partial charge in [-0.2, -0.15) is 0 Å². The lowest BCUT2D eigenvalue weighted by molar-refractivity contribution is -0.118. The van der Waals surface area contributed by atoms with E-state index in [9.17, 15) is 19.1 Å². The topological polar surface area (TPSA) is 83.6 Å². The molecule has 0 bridgehead atoms. The van der Waals surface area contributed by atoms with E-state index in [1.54, 1.807) is 7.05 Å². The number of hydrogen-bond acceptors (Lipinski definition) is 4. The summed E-state index contributed by atoms with van der Waals surface area (Å²) in [5.41, 5.74) is 5.19. The molecular weight excluding hydrogens is 239 g/mol. The molecule has 0 fully saturated rings. The first-order valence-electron chi connectivity index (χ1n) is 5.30. The molecule has 0 aliphatic carbocycles. The summed E-state index contributed by atoms with van der Waals surface area (Å²) in [7, 11) is 1.60. The highest BCUT2D eigenvalue weighted by atomic mass is 19.1. The Balaban J connectivity index is 3.02. The molecule has 1 aromatic carbocycles. The molecule has 6 heteroatoms. The van der Waals surface area contributed by atoms with Gasteiger partial charge < -0.3 is 10.8 Å². The standard InChI is InChI=1S/C12H15FN2O3/c1-7(16)10-4-9(13)3-8(12(10)18)5-15(2)6-11(14)17/h3-4,18H,5-6H2,1-2H3,(H2,14,17). The fourth-order valence-electron chi connectivity index (χ4n) is 1.66. The number of phenolic OH excluding ortho intramolecular Hbond substituents is 1. The molecule has 0 aromatic heterocycles. The van der Waals surface area contributed by atoms with E-state index >= 15 is 0 Å². The molecule has 0 heterocycles. The maximum absolute atomic E-state index is 13.3. The Bertz CT molecular complexity index is 488. The van der Waals surface area contributed by atoms with Gasteiger partial charge in [-0.25, -0.2) is 4.39 Å². The van der Waals surface area contributed by atoms with Crippen LogP contribution in [-0.2, 0) is 11.3 Å². The summed E-state index contributed by atoms with van der Waals surface area (Å²) in [6, 6.07) is 2.11. The van der Waals surface area contributed by atoms with Gasteiger partial charge in [0.1, 0.15) is 11.6 Å². The Hall–Kier alpha value is -1.95. The molecule has 98 valence electrons. The van der Waals surface area contributed by atoms with Crippen molar-refractivity contribution in [2.45, 2.75) is 13.5 Å². The fraction of sp³-hybridized carbons (Fsp3) is 0.333. The smallest absolute Gasteiger partial charge is 0.231 e. The molecule has 0 unspecified atom stereocenters. The molecular formula is C12H15FN2O3. The van der Waals surface area contributed by atoms with Crippen LogP contribution in [0, 0.1) is 5.82 Å². The van der Waals surface area contributed by atoms with E-state index in [1.165, 1.54) is 11.8 Å². The number of hydrogen-bond donors (Lipinski definition) is 2. The lowest BCUT2D eigenvalue weighted by Gasteiger charge is -2.16. The second-order valence-corrected chi connectivity index (χ2v) is 4.16. The number of rotatable bonds is 5. The molecule has 18 heavy (non-hydrogen) atoms. The number of benzene rings is 1. The SMILES string of the molecule is CC(=O)c1cc(F)cc(CN(C)CC(N)=O)c1O. The molecule has 0 saturated heterocycles. The van der Waals surface area contributed by atoms with Gasteiger partial charge in [-0.1, -0.05) is 0 Å². The number of aromatic hydroxyl groups is 1. The van der Waals surface area contributed by atoms with Crippen molar-refractivity contribution in [2.24, 2.45) is 5.73 Å². The monoisotopic (exact) mass is 254 g/mol. The Morgan fingerprint density at radius 3 is 2.56 bits per heavy atom. The van der Waals surface area contributed by atoms with Gasteiger partial charge in [-0.3, -0.25) is 14.5 Å². The van der Waals surface area contributed by atoms with Crippen LogP contribution in [0.5, 0.6) is 5.75 Å². The van der Waals surface area contributed by atoms with E-state index < -0.39 is 17.5 Å². The minimum Gasteiger partial charge on any atom is -0.507 e. The highest BCUT2D eigenvalue weighted by molar-refractivity contribution is 5.97. The van der Waals surface area contributed by atoms with Crippen molar-refractivity contribution in [2.75, 3.05) is 13.6 Å². The Morgan fingerprint density at radius 2 is 2.06 bits per heavy atom. The first-order chi connectivity index (χ1) is 8.31. The van der Waals surface area contributed by atoms with Crippen molar-refractivity contribution < 1.29 is 19.1 Å². The molecule has 0 atom stereocenters.